The van der Waals surface area contributed by atoms with E-state index in [9.17, 15) is 13.2 Å². The zero-order chi connectivity index (χ0) is 18.0. The van der Waals surface area contributed by atoms with Crippen molar-refractivity contribution in [3.05, 3.63) is 41.5 Å². The summed E-state index contributed by atoms with van der Waals surface area (Å²) < 4.78 is 27.1. The number of nitrogens with one attached hydrogen (secondary N) is 2. The molecule has 0 spiro atoms. The Kier molecular flexibility index (Phi) is 4.87. The van der Waals surface area contributed by atoms with Gasteiger partial charge < -0.3 is 5.32 Å². The van der Waals surface area contributed by atoms with Crippen LogP contribution in [0, 0.1) is 13.8 Å². The quantitative estimate of drug-likeness (QED) is 0.843. The first-order valence-corrected chi connectivity index (χ1v) is 9.56. The van der Waals surface area contributed by atoms with E-state index in [4.69, 9.17) is 0 Å². The molecule has 3 heterocycles. The second-order valence-electron chi connectivity index (χ2n) is 6.15. The summed E-state index contributed by atoms with van der Waals surface area (Å²) in [5, 5.41) is 9.65. The van der Waals surface area contributed by atoms with Gasteiger partial charge in [0.1, 0.15) is 4.90 Å². The number of hydrogen-bond donors (Lipinski definition) is 2. The second-order valence-corrected chi connectivity index (χ2v) is 8.03. The van der Waals surface area contributed by atoms with Crippen LogP contribution in [0.4, 0.5) is 0 Å². The summed E-state index contributed by atoms with van der Waals surface area (Å²) in [6.07, 6.45) is 4.29. The molecule has 1 saturated heterocycles. The SMILES string of the molecule is Cc1n[nH]c(C)c1S(=O)(=O)N1CCC(NC(=O)c2ccncc2)CC1. The van der Waals surface area contributed by atoms with Crippen molar-refractivity contribution in [2.45, 2.75) is 37.6 Å². The fraction of sp³-hybridized carbons (Fsp3) is 0.438. The summed E-state index contributed by atoms with van der Waals surface area (Å²) >= 11 is 0. The Morgan fingerprint density at radius 1 is 1.24 bits per heavy atom. The molecule has 1 aliphatic heterocycles. The molecule has 2 N–H and O–H groups in total. The lowest BCUT2D eigenvalue weighted by atomic mass is 10.1. The van der Waals surface area contributed by atoms with Crippen molar-refractivity contribution >= 4 is 15.9 Å². The van der Waals surface area contributed by atoms with Crippen molar-refractivity contribution in [1.29, 1.82) is 0 Å². The molecule has 1 fully saturated rings. The molecule has 3 rings (SSSR count). The zero-order valence-corrected chi connectivity index (χ0v) is 15.0. The number of nitrogens with zero attached hydrogens (tertiary/aromatic N) is 3. The average molecular weight is 363 g/mol. The van der Waals surface area contributed by atoms with E-state index < -0.39 is 10.0 Å². The molecule has 134 valence electrons. The standard InChI is InChI=1S/C16H21N5O3S/c1-11-15(12(2)20-19-11)25(23,24)21-9-5-14(6-10-21)18-16(22)13-3-7-17-8-4-13/h3-4,7-8,14H,5-6,9-10H2,1-2H3,(H,18,22)(H,19,20). The fourth-order valence-corrected chi connectivity index (χ4v) is 4.86. The third-order valence-electron chi connectivity index (χ3n) is 4.39. The van der Waals surface area contributed by atoms with Crippen LogP contribution in [0.3, 0.4) is 0 Å². The Balaban J connectivity index is 1.63. The molecule has 2 aromatic heterocycles. The monoisotopic (exact) mass is 363 g/mol. The number of hydrogen-bond acceptors (Lipinski definition) is 5. The maximum atomic E-state index is 12.8. The molecule has 0 bridgehead atoms. The van der Waals surface area contributed by atoms with Crippen molar-refractivity contribution in [3.8, 4) is 0 Å². The Morgan fingerprint density at radius 3 is 2.44 bits per heavy atom. The molecule has 25 heavy (non-hydrogen) atoms. The van der Waals surface area contributed by atoms with Gasteiger partial charge >= 0.3 is 0 Å². The molecule has 0 saturated carbocycles. The van der Waals surface area contributed by atoms with E-state index in [0.717, 1.165) is 0 Å². The highest BCUT2D eigenvalue weighted by Gasteiger charge is 2.33. The van der Waals surface area contributed by atoms with Gasteiger partial charge in [0.15, 0.2) is 0 Å². The Bertz CT molecular complexity index is 836. The summed E-state index contributed by atoms with van der Waals surface area (Å²) in [5.74, 6) is -0.162. The van der Waals surface area contributed by atoms with E-state index in [-0.39, 0.29) is 16.8 Å². The van der Waals surface area contributed by atoms with Gasteiger partial charge in [0.25, 0.3) is 5.91 Å². The van der Waals surface area contributed by atoms with Crippen LogP contribution < -0.4 is 5.32 Å². The fourth-order valence-electron chi connectivity index (χ4n) is 3.06. The summed E-state index contributed by atoms with van der Waals surface area (Å²) in [7, 11) is -3.57. The van der Waals surface area contributed by atoms with Gasteiger partial charge in [-0.25, -0.2) is 8.42 Å². The number of H-pyrrole nitrogens is 1. The van der Waals surface area contributed by atoms with Crippen LogP contribution >= 0.6 is 0 Å². The predicted octanol–water partition coefficient (Wildman–Crippen LogP) is 1.00. The minimum atomic E-state index is -3.57. The van der Waals surface area contributed by atoms with Crippen molar-refractivity contribution < 1.29 is 13.2 Å². The number of amides is 1. The van der Waals surface area contributed by atoms with Crippen molar-refractivity contribution in [2.24, 2.45) is 0 Å². The van der Waals surface area contributed by atoms with Crippen LogP contribution in [0.25, 0.3) is 0 Å². The minimum absolute atomic E-state index is 0.0429. The normalized spacial score (nSPS) is 16.7. The van der Waals surface area contributed by atoms with Crippen molar-refractivity contribution in [3.63, 3.8) is 0 Å². The molecular formula is C16H21N5O3S. The van der Waals surface area contributed by atoms with Crippen LogP contribution in [-0.4, -0.2) is 52.9 Å². The van der Waals surface area contributed by atoms with Crippen LogP contribution in [0.5, 0.6) is 0 Å². The molecular weight excluding hydrogens is 342 g/mol. The maximum absolute atomic E-state index is 12.8. The van der Waals surface area contributed by atoms with Crippen LogP contribution in [0.1, 0.15) is 34.6 Å². The molecule has 1 amide bonds. The number of aryl methyl sites for hydroxylation is 2. The maximum Gasteiger partial charge on any atom is 0.251 e. The number of rotatable bonds is 4. The number of piperidine rings is 1. The van der Waals surface area contributed by atoms with E-state index in [1.807, 2.05) is 0 Å². The van der Waals surface area contributed by atoms with E-state index in [0.29, 0.717) is 42.9 Å². The Morgan fingerprint density at radius 2 is 1.88 bits per heavy atom. The van der Waals surface area contributed by atoms with Gasteiger partial charge in [-0.2, -0.15) is 9.40 Å². The first kappa shape index (κ1) is 17.6. The summed E-state index contributed by atoms with van der Waals surface area (Å²) in [6.45, 7) is 4.12. The van der Waals surface area contributed by atoms with Gasteiger partial charge in [-0.05, 0) is 38.8 Å². The molecule has 0 atom stereocenters. The highest BCUT2D eigenvalue weighted by atomic mass is 32.2. The van der Waals surface area contributed by atoms with Gasteiger partial charge in [-0.3, -0.25) is 14.9 Å². The molecule has 0 aromatic carbocycles. The Hall–Kier alpha value is -2.26. The smallest absolute Gasteiger partial charge is 0.251 e. The molecule has 0 radical (unpaired) electrons. The summed E-state index contributed by atoms with van der Waals surface area (Å²) in [4.78, 5) is 16.3. The lowest BCUT2D eigenvalue weighted by Gasteiger charge is -2.31. The largest absolute Gasteiger partial charge is 0.349 e. The van der Waals surface area contributed by atoms with Gasteiger partial charge in [0.05, 0.1) is 11.4 Å². The number of sulfonamides is 1. The van der Waals surface area contributed by atoms with E-state index in [1.165, 1.54) is 4.31 Å². The van der Waals surface area contributed by atoms with Crippen molar-refractivity contribution in [2.75, 3.05) is 13.1 Å². The predicted molar refractivity (Wildman–Crippen MR) is 91.5 cm³/mol. The molecule has 8 nitrogen and oxygen atoms in total. The first-order valence-electron chi connectivity index (χ1n) is 8.12. The van der Waals surface area contributed by atoms with Gasteiger partial charge in [0.2, 0.25) is 10.0 Å². The molecule has 0 unspecified atom stereocenters. The number of aromatic nitrogens is 3. The van der Waals surface area contributed by atoms with Crippen molar-refractivity contribution in [1.82, 2.24) is 24.8 Å². The van der Waals surface area contributed by atoms with Gasteiger partial charge in [-0.15, -0.1) is 0 Å². The number of aromatic amines is 1. The molecule has 0 aliphatic carbocycles. The number of carbonyl (C=O) groups is 1. The highest BCUT2D eigenvalue weighted by molar-refractivity contribution is 7.89. The summed E-state index contributed by atoms with van der Waals surface area (Å²) in [6, 6.07) is 3.26. The summed E-state index contributed by atoms with van der Waals surface area (Å²) in [5.41, 5.74) is 1.57. The van der Waals surface area contributed by atoms with Gasteiger partial charge in [0, 0.05) is 37.1 Å². The van der Waals surface area contributed by atoms with E-state index >= 15 is 0 Å². The number of carbonyl (C=O) groups excluding carboxylic acids is 1. The van der Waals surface area contributed by atoms with Gasteiger partial charge in [-0.1, -0.05) is 0 Å². The highest BCUT2D eigenvalue weighted by Crippen LogP contribution is 2.24. The third kappa shape index (κ3) is 3.57. The molecule has 2 aromatic rings. The molecule has 9 heteroatoms. The van der Waals surface area contributed by atoms with Crippen LogP contribution in [0.15, 0.2) is 29.4 Å². The molecule has 1 aliphatic rings. The lowest BCUT2D eigenvalue weighted by molar-refractivity contribution is 0.0923. The zero-order valence-electron chi connectivity index (χ0n) is 14.2. The topological polar surface area (TPSA) is 108 Å². The first-order chi connectivity index (χ1) is 11.9. The minimum Gasteiger partial charge on any atom is -0.349 e. The number of pyridine rings is 1. The van der Waals surface area contributed by atoms with Crippen LogP contribution in [0.2, 0.25) is 0 Å². The van der Waals surface area contributed by atoms with E-state index in [1.54, 1.807) is 38.4 Å². The second kappa shape index (κ2) is 6.93. The van der Waals surface area contributed by atoms with E-state index in [2.05, 4.69) is 20.5 Å². The third-order valence-corrected chi connectivity index (χ3v) is 6.55. The Labute approximate surface area is 146 Å². The van der Waals surface area contributed by atoms with Crippen LogP contribution in [-0.2, 0) is 10.0 Å². The average Bonchev–Trinajstić information content (AvgIpc) is 2.95. The lowest BCUT2D eigenvalue weighted by Crippen LogP contribution is -2.46.